The third-order valence-corrected chi connectivity index (χ3v) is 3.49. The van der Waals surface area contributed by atoms with Crippen LogP contribution in [0.5, 0.6) is 0 Å². The molecule has 1 heteroatoms. The molecule has 1 rings (SSSR count). The minimum Gasteiger partial charge on any atom is -0.145 e. The van der Waals surface area contributed by atoms with E-state index in [4.69, 9.17) is 0 Å². The molecule has 0 radical (unpaired) electrons. The average molecular weight is 234 g/mol. The maximum Gasteiger partial charge on any atom is 0.0222 e. The molecule has 1 heterocycles. The van der Waals surface area contributed by atoms with Crippen LogP contribution in [-0.2, 0) is 12.8 Å². The van der Waals surface area contributed by atoms with Gasteiger partial charge in [0.2, 0.25) is 0 Å². The number of hydrogen-bond donors (Lipinski definition) is 0. The minimum absolute atomic E-state index is 0.491. The Morgan fingerprint density at radius 2 is 1.75 bits per heavy atom. The fourth-order valence-electron chi connectivity index (χ4n) is 1.67. The molecule has 0 N–H and O–H groups in total. The van der Waals surface area contributed by atoms with Gasteiger partial charge in [0, 0.05) is 22.1 Å². The largest absolute Gasteiger partial charge is 0.145 e. The van der Waals surface area contributed by atoms with Crippen molar-refractivity contribution in [3.05, 3.63) is 21.9 Å². The Labute approximate surface area is 104 Å². The van der Waals surface area contributed by atoms with E-state index in [0.29, 0.717) is 5.92 Å². The van der Waals surface area contributed by atoms with Crippen LogP contribution in [0.3, 0.4) is 0 Å². The lowest BCUT2D eigenvalue weighted by molar-refractivity contribution is 0.654. The third-order valence-electron chi connectivity index (χ3n) is 2.36. The highest BCUT2D eigenvalue weighted by Crippen LogP contribution is 2.22. The van der Waals surface area contributed by atoms with Gasteiger partial charge in [-0.3, -0.25) is 0 Å². The van der Waals surface area contributed by atoms with Crippen LogP contribution >= 0.6 is 11.3 Å². The van der Waals surface area contributed by atoms with Gasteiger partial charge in [0.25, 0.3) is 0 Å². The first-order chi connectivity index (χ1) is 7.61. The Morgan fingerprint density at radius 1 is 1.12 bits per heavy atom. The zero-order valence-corrected chi connectivity index (χ0v) is 11.7. The SMILES string of the molecule is CCC#CC(C)Cc1ccc(CC(C)C)s1. The van der Waals surface area contributed by atoms with E-state index in [1.807, 2.05) is 11.3 Å². The number of hydrogen-bond acceptors (Lipinski definition) is 1. The van der Waals surface area contributed by atoms with Crippen molar-refractivity contribution in [3.8, 4) is 11.8 Å². The molecule has 88 valence electrons. The van der Waals surface area contributed by atoms with Crippen LogP contribution in [0.25, 0.3) is 0 Å². The molecule has 0 aliphatic carbocycles. The van der Waals surface area contributed by atoms with Gasteiger partial charge in [-0.1, -0.05) is 33.6 Å². The van der Waals surface area contributed by atoms with Gasteiger partial charge in [-0.05, 0) is 30.9 Å². The summed E-state index contributed by atoms with van der Waals surface area (Å²) in [6.45, 7) is 8.86. The van der Waals surface area contributed by atoms with Crippen molar-refractivity contribution in [3.63, 3.8) is 0 Å². The quantitative estimate of drug-likeness (QED) is 0.671. The highest BCUT2D eigenvalue weighted by molar-refractivity contribution is 7.12. The van der Waals surface area contributed by atoms with Crippen LogP contribution in [0.15, 0.2) is 12.1 Å². The topological polar surface area (TPSA) is 0 Å². The summed E-state index contributed by atoms with van der Waals surface area (Å²) in [6, 6.07) is 4.55. The van der Waals surface area contributed by atoms with Crippen molar-refractivity contribution < 1.29 is 0 Å². The molecule has 0 nitrogen and oxygen atoms in total. The maximum atomic E-state index is 3.29. The lowest BCUT2D eigenvalue weighted by Crippen LogP contribution is -1.93. The van der Waals surface area contributed by atoms with Crippen LogP contribution in [-0.4, -0.2) is 0 Å². The summed E-state index contributed by atoms with van der Waals surface area (Å²) in [5.74, 6) is 7.69. The van der Waals surface area contributed by atoms with Crippen LogP contribution < -0.4 is 0 Å². The van der Waals surface area contributed by atoms with Crippen molar-refractivity contribution in [1.82, 2.24) is 0 Å². The Hall–Kier alpha value is -0.740. The van der Waals surface area contributed by atoms with Crippen LogP contribution in [0.1, 0.15) is 43.9 Å². The first kappa shape index (κ1) is 13.3. The number of thiophene rings is 1. The molecule has 0 saturated carbocycles. The Kier molecular flexibility index (Phi) is 5.63. The molecule has 16 heavy (non-hydrogen) atoms. The van der Waals surface area contributed by atoms with Crippen molar-refractivity contribution in [2.75, 3.05) is 0 Å². The van der Waals surface area contributed by atoms with Crippen molar-refractivity contribution in [1.29, 1.82) is 0 Å². The van der Waals surface area contributed by atoms with E-state index in [0.717, 1.165) is 18.8 Å². The molecule has 0 fully saturated rings. The highest BCUT2D eigenvalue weighted by atomic mass is 32.1. The monoisotopic (exact) mass is 234 g/mol. The van der Waals surface area contributed by atoms with Crippen molar-refractivity contribution in [2.45, 2.75) is 47.0 Å². The van der Waals surface area contributed by atoms with Gasteiger partial charge in [-0.2, -0.15) is 0 Å². The smallest absolute Gasteiger partial charge is 0.0222 e. The molecule has 1 atom stereocenters. The van der Waals surface area contributed by atoms with E-state index in [2.05, 4.69) is 51.7 Å². The Balaban J connectivity index is 2.51. The fourth-order valence-corrected chi connectivity index (χ4v) is 3.03. The summed E-state index contributed by atoms with van der Waals surface area (Å²) >= 11 is 1.96. The van der Waals surface area contributed by atoms with E-state index >= 15 is 0 Å². The maximum absolute atomic E-state index is 3.29. The standard InChI is InChI=1S/C15H22S/c1-5-6-7-13(4)11-15-9-8-14(16-15)10-12(2)3/h8-9,12-13H,5,10-11H2,1-4H3. The van der Waals surface area contributed by atoms with Gasteiger partial charge in [-0.15, -0.1) is 17.3 Å². The van der Waals surface area contributed by atoms with E-state index in [-0.39, 0.29) is 0 Å². The van der Waals surface area contributed by atoms with Gasteiger partial charge in [0.05, 0.1) is 0 Å². The third kappa shape index (κ3) is 4.86. The normalized spacial score (nSPS) is 12.3. The summed E-state index contributed by atoms with van der Waals surface area (Å²) < 4.78 is 0. The summed E-state index contributed by atoms with van der Waals surface area (Å²) in [6.07, 6.45) is 3.28. The molecule has 0 spiro atoms. The van der Waals surface area contributed by atoms with Gasteiger partial charge < -0.3 is 0 Å². The highest BCUT2D eigenvalue weighted by Gasteiger charge is 2.05. The van der Waals surface area contributed by atoms with E-state index in [1.54, 1.807) is 0 Å². The molecule has 0 aromatic carbocycles. The van der Waals surface area contributed by atoms with Crippen molar-refractivity contribution in [2.24, 2.45) is 11.8 Å². The predicted octanol–water partition coefficient (Wildman–Crippen LogP) is 4.54. The Bertz CT molecular complexity index is 362. The molecule has 0 saturated heterocycles. The summed E-state index contributed by atoms with van der Waals surface area (Å²) in [4.78, 5) is 2.99. The number of rotatable bonds is 4. The lowest BCUT2D eigenvalue weighted by atomic mass is 10.1. The molecular weight excluding hydrogens is 212 g/mol. The second-order valence-electron chi connectivity index (χ2n) is 4.75. The molecule has 0 aliphatic heterocycles. The summed E-state index contributed by atoms with van der Waals surface area (Å²) in [7, 11) is 0. The van der Waals surface area contributed by atoms with Gasteiger partial charge in [-0.25, -0.2) is 0 Å². The van der Waals surface area contributed by atoms with E-state index in [9.17, 15) is 0 Å². The van der Waals surface area contributed by atoms with Crippen LogP contribution in [0.4, 0.5) is 0 Å². The van der Waals surface area contributed by atoms with Crippen LogP contribution in [0, 0.1) is 23.7 Å². The van der Waals surface area contributed by atoms with Crippen molar-refractivity contribution >= 4 is 11.3 Å². The molecular formula is C15H22S. The van der Waals surface area contributed by atoms with Crippen LogP contribution in [0.2, 0.25) is 0 Å². The predicted molar refractivity (Wildman–Crippen MR) is 73.8 cm³/mol. The van der Waals surface area contributed by atoms with E-state index < -0.39 is 0 Å². The second kappa shape index (κ2) is 6.76. The zero-order valence-electron chi connectivity index (χ0n) is 10.8. The summed E-state index contributed by atoms with van der Waals surface area (Å²) in [5, 5.41) is 0. The zero-order chi connectivity index (χ0) is 12.0. The lowest BCUT2D eigenvalue weighted by Gasteiger charge is -2.01. The van der Waals surface area contributed by atoms with Gasteiger partial charge in [0.1, 0.15) is 0 Å². The fraction of sp³-hybridized carbons (Fsp3) is 0.600. The minimum atomic E-state index is 0.491. The van der Waals surface area contributed by atoms with Gasteiger partial charge in [0.15, 0.2) is 0 Å². The Morgan fingerprint density at radius 3 is 2.31 bits per heavy atom. The second-order valence-corrected chi connectivity index (χ2v) is 6.00. The van der Waals surface area contributed by atoms with Gasteiger partial charge >= 0.3 is 0 Å². The molecule has 1 aromatic rings. The molecule has 1 unspecified atom stereocenters. The summed E-state index contributed by atoms with van der Waals surface area (Å²) in [5.41, 5.74) is 0. The molecule has 0 amide bonds. The van der Waals surface area contributed by atoms with E-state index in [1.165, 1.54) is 16.2 Å². The molecule has 0 aliphatic rings. The average Bonchev–Trinajstić information content (AvgIpc) is 2.61. The molecule has 0 bridgehead atoms. The first-order valence-electron chi connectivity index (χ1n) is 6.17. The molecule has 1 aromatic heterocycles. The first-order valence-corrected chi connectivity index (χ1v) is 6.99.